The van der Waals surface area contributed by atoms with Crippen LogP contribution in [0.25, 0.3) is 0 Å². The Morgan fingerprint density at radius 2 is 1.88 bits per heavy atom. The number of ether oxygens (including phenoxy) is 2. The topological polar surface area (TPSA) is 81.9 Å². The third kappa shape index (κ3) is 5.70. The first kappa shape index (κ1) is 24.3. The minimum absolute atomic E-state index is 0.00110. The Morgan fingerprint density at radius 3 is 2.44 bits per heavy atom. The minimum atomic E-state index is -4.72. The van der Waals surface area contributed by atoms with Crippen molar-refractivity contribution in [3.05, 3.63) is 29.6 Å². The van der Waals surface area contributed by atoms with Gasteiger partial charge in [-0.15, -0.1) is 0 Å². The van der Waals surface area contributed by atoms with Crippen LogP contribution >= 0.6 is 0 Å². The fourth-order valence-corrected chi connectivity index (χ4v) is 4.43. The Morgan fingerprint density at radius 1 is 1.25 bits per heavy atom. The lowest BCUT2D eigenvalue weighted by molar-refractivity contribution is -0.149. The number of nitrogens with zero attached hydrogens (tertiary/aromatic N) is 1. The molecule has 0 aromatic heterocycles. The summed E-state index contributed by atoms with van der Waals surface area (Å²) in [5, 5.41) is 0. The van der Waals surface area contributed by atoms with Crippen LogP contribution in [0.4, 0.5) is 17.6 Å². The number of esters is 1. The Bertz CT molecular complexity index is 847. The highest BCUT2D eigenvalue weighted by molar-refractivity contribution is 5.80. The summed E-state index contributed by atoms with van der Waals surface area (Å²) in [7, 11) is 0. The predicted molar refractivity (Wildman–Crippen MR) is 107 cm³/mol. The number of hydrogen-bond acceptors (Lipinski definition) is 5. The molecule has 1 aromatic rings. The highest BCUT2D eigenvalue weighted by Crippen LogP contribution is 2.39. The number of carbonyl (C=O) groups is 2. The average molecular weight is 460 g/mol. The van der Waals surface area contributed by atoms with E-state index in [0.29, 0.717) is 44.8 Å². The molecule has 0 radical (unpaired) electrons. The maximum absolute atomic E-state index is 13.3. The normalized spacial score (nSPS) is 25.1. The van der Waals surface area contributed by atoms with E-state index < -0.39 is 40.9 Å². The predicted octanol–water partition coefficient (Wildman–Crippen LogP) is 3.52. The molecular weight excluding hydrogens is 432 g/mol. The van der Waals surface area contributed by atoms with Crippen molar-refractivity contribution in [2.24, 2.45) is 17.6 Å². The van der Waals surface area contributed by atoms with Gasteiger partial charge in [0.1, 0.15) is 23.7 Å². The van der Waals surface area contributed by atoms with Crippen LogP contribution in [0.5, 0.6) is 5.75 Å². The number of hydrogen-bond donors (Lipinski definition) is 1. The molecule has 1 saturated heterocycles. The third-order valence-corrected chi connectivity index (χ3v) is 6.29. The van der Waals surface area contributed by atoms with E-state index >= 15 is 0 Å². The van der Waals surface area contributed by atoms with Crippen LogP contribution in [0.1, 0.15) is 45.1 Å². The third-order valence-electron chi connectivity index (χ3n) is 6.29. The summed E-state index contributed by atoms with van der Waals surface area (Å²) in [5.74, 6) is -2.04. The monoisotopic (exact) mass is 460 g/mol. The van der Waals surface area contributed by atoms with E-state index in [4.69, 9.17) is 15.2 Å². The van der Waals surface area contributed by atoms with Gasteiger partial charge in [0.2, 0.25) is 5.91 Å². The number of alkyl halides is 3. The molecule has 1 aliphatic carbocycles. The lowest BCUT2D eigenvalue weighted by Gasteiger charge is -2.46. The molecule has 1 unspecified atom stereocenters. The summed E-state index contributed by atoms with van der Waals surface area (Å²) in [5.41, 5.74) is 4.32. The zero-order chi connectivity index (χ0) is 23.7. The van der Waals surface area contributed by atoms with Gasteiger partial charge >= 0.3 is 12.1 Å². The van der Waals surface area contributed by atoms with Gasteiger partial charge in [0.15, 0.2) is 0 Å². The van der Waals surface area contributed by atoms with E-state index in [-0.39, 0.29) is 24.3 Å². The summed E-state index contributed by atoms with van der Waals surface area (Å²) in [6.45, 7) is 4.04. The van der Waals surface area contributed by atoms with Gasteiger partial charge in [-0.3, -0.25) is 9.59 Å². The van der Waals surface area contributed by atoms with Gasteiger partial charge in [-0.05, 0) is 56.7 Å². The summed E-state index contributed by atoms with van der Waals surface area (Å²) < 4.78 is 63.4. The number of carbonyl (C=O) groups excluding carboxylic acids is 2. The van der Waals surface area contributed by atoms with E-state index in [1.54, 1.807) is 11.8 Å². The summed E-state index contributed by atoms with van der Waals surface area (Å²) in [4.78, 5) is 25.4. The molecule has 2 N–H and O–H groups in total. The molecule has 1 heterocycles. The van der Waals surface area contributed by atoms with Crippen LogP contribution in [-0.4, -0.2) is 48.1 Å². The van der Waals surface area contributed by atoms with E-state index in [2.05, 4.69) is 0 Å². The van der Waals surface area contributed by atoms with E-state index in [0.717, 1.165) is 12.1 Å². The van der Waals surface area contributed by atoms with E-state index in [1.165, 1.54) is 6.92 Å². The average Bonchev–Trinajstić information content (AvgIpc) is 2.70. The molecule has 2 fully saturated rings. The van der Waals surface area contributed by atoms with Crippen molar-refractivity contribution >= 4 is 11.9 Å². The van der Waals surface area contributed by atoms with Gasteiger partial charge in [0, 0.05) is 25.9 Å². The van der Waals surface area contributed by atoms with Gasteiger partial charge in [0.05, 0.1) is 11.6 Å². The number of amides is 1. The largest absolute Gasteiger partial charge is 0.490 e. The van der Waals surface area contributed by atoms with Crippen molar-refractivity contribution in [1.82, 2.24) is 4.90 Å². The molecule has 1 amide bonds. The summed E-state index contributed by atoms with van der Waals surface area (Å²) >= 11 is 0. The first-order valence-corrected chi connectivity index (χ1v) is 10.6. The molecule has 0 spiro atoms. The number of benzene rings is 1. The number of piperidine rings is 1. The molecule has 32 heavy (non-hydrogen) atoms. The van der Waals surface area contributed by atoms with Crippen LogP contribution < -0.4 is 10.5 Å². The number of rotatable bonds is 6. The number of nitrogens with two attached hydrogens (primary N) is 1. The Balaban J connectivity index is 1.50. The molecule has 178 valence electrons. The molecule has 0 bridgehead atoms. The number of halogens is 4. The molecule has 1 aromatic carbocycles. The highest BCUT2D eigenvalue weighted by Gasteiger charge is 2.47. The van der Waals surface area contributed by atoms with Crippen LogP contribution in [-0.2, 0) is 20.5 Å². The smallest absolute Gasteiger partial charge is 0.420 e. The van der Waals surface area contributed by atoms with Crippen LogP contribution in [0, 0.1) is 17.7 Å². The van der Waals surface area contributed by atoms with E-state index in [9.17, 15) is 27.2 Å². The molecule has 1 atom stereocenters. The maximum Gasteiger partial charge on any atom is 0.420 e. The SMILES string of the molecule is CC(=O)OC[C@]1(N)C[C@@H](C(=O)N2CCC(C(C)Oc3ccc(F)cc3C(F)(F)F)CC2)C1. The molecule has 1 aliphatic heterocycles. The van der Waals surface area contributed by atoms with Crippen molar-refractivity contribution in [2.45, 2.75) is 57.3 Å². The standard InChI is InChI=1S/C22H28F4N2O4/c1-13(32-19-4-3-17(23)9-18(19)22(24,25)26)15-5-7-28(8-6-15)20(30)16-10-21(27,11-16)12-31-14(2)29/h3-4,9,13,15-16H,5-8,10-12,27H2,1-2H3/t13?,16-,21+. The lowest BCUT2D eigenvalue weighted by atomic mass is 9.68. The van der Waals surface area contributed by atoms with Gasteiger partial charge in [0.25, 0.3) is 0 Å². The second-order valence-electron chi connectivity index (χ2n) is 8.87. The van der Waals surface area contributed by atoms with Crippen molar-refractivity contribution in [3.63, 3.8) is 0 Å². The summed E-state index contributed by atoms with van der Waals surface area (Å²) in [6.07, 6.45) is -3.18. The molecule has 2 aliphatic rings. The van der Waals surface area contributed by atoms with Crippen LogP contribution in [0.2, 0.25) is 0 Å². The van der Waals surface area contributed by atoms with Crippen molar-refractivity contribution < 1.29 is 36.6 Å². The fourth-order valence-electron chi connectivity index (χ4n) is 4.43. The first-order valence-electron chi connectivity index (χ1n) is 10.6. The zero-order valence-corrected chi connectivity index (χ0v) is 18.1. The molecule has 3 rings (SSSR count). The number of likely N-dealkylation sites (tertiary alicyclic amines) is 1. The van der Waals surface area contributed by atoms with Crippen molar-refractivity contribution in [2.75, 3.05) is 19.7 Å². The van der Waals surface area contributed by atoms with Crippen LogP contribution in [0.15, 0.2) is 18.2 Å². The Labute approximate surface area is 184 Å². The van der Waals surface area contributed by atoms with Crippen molar-refractivity contribution in [3.8, 4) is 5.75 Å². The Hall–Kier alpha value is -2.36. The summed E-state index contributed by atoms with van der Waals surface area (Å²) in [6, 6.07) is 2.37. The van der Waals surface area contributed by atoms with E-state index in [1.807, 2.05) is 0 Å². The quantitative estimate of drug-likeness (QED) is 0.519. The Kier molecular flexibility index (Phi) is 7.02. The second-order valence-corrected chi connectivity index (χ2v) is 8.87. The first-order chi connectivity index (χ1) is 14.9. The molecular formula is C22H28F4N2O4. The maximum atomic E-state index is 13.3. The zero-order valence-electron chi connectivity index (χ0n) is 18.1. The second kappa shape index (κ2) is 9.25. The van der Waals surface area contributed by atoms with Crippen molar-refractivity contribution in [1.29, 1.82) is 0 Å². The minimum Gasteiger partial charge on any atom is -0.490 e. The molecule has 6 nitrogen and oxygen atoms in total. The molecule has 1 saturated carbocycles. The van der Waals surface area contributed by atoms with Gasteiger partial charge < -0.3 is 20.1 Å². The highest BCUT2D eigenvalue weighted by atomic mass is 19.4. The molecule has 10 heteroatoms. The van der Waals surface area contributed by atoms with Gasteiger partial charge in [-0.2, -0.15) is 13.2 Å². The van der Waals surface area contributed by atoms with Gasteiger partial charge in [-0.1, -0.05) is 0 Å². The van der Waals surface area contributed by atoms with Gasteiger partial charge in [-0.25, -0.2) is 4.39 Å². The lowest BCUT2D eigenvalue weighted by Crippen LogP contribution is -2.60. The fraction of sp³-hybridized carbons (Fsp3) is 0.636. The van der Waals surface area contributed by atoms with Crippen LogP contribution in [0.3, 0.4) is 0 Å².